The highest BCUT2D eigenvalue weighted by Crippen LogP contribution is 2.07. The normalized spacial score (nSPS) is 10.1. The van der Waals surface area contributed by atoms with Gasteiger partial charge >= 0.3 is 0 Å². The van der Waals surface area contributed by atoms with Gasteiger partial charge in [-0.1, -0.05) is 36.4 Å². The third kappa shape index (κ3) is 7.30. The van der Waals surface area contributed by atoms with E-state index in [-0.39, 0.29) is 5.91 Å². The Morgan fingerprint density at radius 3 is 1.80 bits per heavy atom. The van der Waals surface area contributed by atoms with E-state index < -0.39 is 10.1 Å². The van der Waals surface area contributed by atoms with E-state index in [1.54, 1.807) is 12.1 Å². The van der Waals surface area contributed by atoms with Gasteiger partial charge in [-0.3, -0.25) is 9.35 Å². The number of nitrogens with one attached hydrogen (secondary N) is 1. The smallest absolute Gasteiger partial charge is 0.261 e. The van der Waals surface area contributed by atoms with Crippen LogP contribution in [-0.2, 0) is 10.1 Å². The van der Waals surface area contributed by atoms with Crippen LogP contribution in [0.1, 0.15) is 10.4 Å². The standard InChI is InChI=1S/C13H11NO.CH4O3S/c15-13(11-7-3-1-4-8-11)14-12-9-5-2-6-10-12;1-5(2,3)4/h1-10H,(H,14,15);1H3,(H,2,3,4). The van der Waals surface area contributed by atoms with Crippen LogP contribution in [-0.4, -0.2) is 25.1 Å². The van der Waals surface area contributed by atoms with E-state index in [4.69, 9.17) is 4.55 Å². The molecule has 0 saturated heterocycles. The Labute approximate surface area is 118 Å². The average Bonchev–Trinajstić information content (AvgIpc) is 2.39. The Morgan fingerprint density at radius 2 is 1.35 bits per heavy atom. The maximum Gasteiger partial charge on any atom is 0.261 e. The van der Waals surface area contributed by atoms with Crippen LogP contribution in [0.2, 0.25) is 0 Å². The lowest BCUT2D eigenvalue weighted by molar-refractivity contribution is 0.102. The minimum Gasteiger partial charge on any atom is -0.322 e. The highest BCUT2D eigenvalue weighted by Gasteiger charge is 2.03. The van der Waals surface area contributed by atoms with Crippen LogP contribution in [0.4, 0.5) is 5.69 Å². The molecule has 0 aliphatic heterocycles. The molecule has 0 unspecified atom stereocenters. The molecule has 2 rings (SSSR count). The van der Waals surface area contributed by atoms with Gasteiger partial charge in [0.05, 0.1) is 6.26 Å². The highest BCUT2D eigenvalue weighted by molar-refractivity contribution is 7.85. The zero-order chi connectivity index (χ0) is 15.0. The van der Waals surface area contributed by atoms with Gasteiger partial charge < -0.3 is 5.32 Å². The van der Waals surface area contributed by atoms with Gasteiger partial charge in [0.1, 0.15) is 0 Å². The molecule has 0 heterocycles. The van der Waals surface area contributed by atoms with Gasteiger partial charge in [-0.2, -0.15) is 8.42 Å². The van der Waals surface area contributed by atoms with Crippen LogP contribution in [0.25, 0.3) is 0 Å². The summed E-state index contributed by atoms with van der Waals surface area (Å²) < 4.78 is 25.9. The minimum absolute atomic E-state index is 0.0817. The Kier molecular flexibility index (Phi) is 5.89. The molecule has 0 saturated carbocycles. The van der Waals surface area contributed by atoms with Crippen molar-refractivity contribution in [1.29, 1.82) is 0 Å². The molecule has 0 atom stereocenters. The van der Waals surface area contributed by atoms with Crippen LogP contribution in [0, 0.1) is 0 Å². The molecule has 106 valence electrons. The fourth-order valence-corrected chi connectivity index (χ4v) is 1.31. The number of hydrogen-bond donors (Lipinski definition) is 2. The lowest BCUT2D eigenvalue weighted by atomic mass is 10.2. The first kappa shape index (κ1) is 15.9. The summed E-state index contributed by atoms with van der Waals surface area (Å²) in [6, 6.07) is 18.6. The number of carbonyl (C=O) groups is 1. The largest absolute Gasteiger partial charge is 0.322 e. The first-order chi connectivity index (χ1) is 9.36. The van der Waals surface area contributed by atoms with Crippen LogP contribution < -0.4 is 5.32 Å². The molecule has 0 spiro atoms. The second-order valence-electron chi connectivity index (χ2n) is 3.92. The van der Waals surface area contributed by atoms with Crippen LogP contribution in [0.15, 0.2) is 60.7 Å². The van der Waals surface area contributed by atoms with Crippen LogP contribution in [0.3, 0.4) is 0 Å². The minimum atomic E-state index is -3.67. The van der Waals surface area contributed by atoms with Gasteiger partial charge in [0.2, 0.25) is 0 Å². The van der Waals surface area contributed by atoms with Crippen molar-refractivity contribution in [2.75, 3.05) is 11.6 Å². The van der Waals surface area contributed by atoms with Crippen molar-refractivity contribution in [3.8, 4) is 0 Å². The van der Waals surface area contributed by atoms with Crippen molar-refractivity contribution in [2.45, 2.75) is 0 Å². The summed E-state index contributed by atoms with van der Waals surface area (Å²) in [6.45, 7) is 0. The number of amides is 1. The van der Waals surface area contributed by atoms with Crippen molar-refractivity contribution in [2.24, 2.45) is 0 Å². The molecule has 0 fully saturated rings. The highest BCUT2D eigenvalue weighted by atomic mass is 32.2. The molecule has 0 aromatic heterocycles. The lowest BCUT2D eigenvalue weighted by Crippen LogP contribution is -2.11. The first-order valence-electron chi connectivity index (χ1n) is 5.70. The maximum atomic E-state index is 11.7. The summed E-state index contributed by atoms with van der Waals surface area (Å²) in [7, 11) is -3.67. The summed E-state index contributed by atoms with van der Waals surface area (Å²) in [5, 5.41) is 2.82. The molecule has 2 N–H and O–H groups in total. The third-order valence-electron chi connectivity index (χ3n) is 2.07. The number of rotatable bonds is 2. The van der Waals surface area contributed by atoms with Crippen molar-refractivity contribution in [3.05, 3.63) is 66.2 Å². The second-order valence-corrected chi connectivity index (χ2v) is 5.39. The van der Waals surface area contributed by atoms with Gasteiger partial charge in [-0.05, 0) is 24.3 Å². The van der Waals surface area contributed by atoms with Gasteiger partial charge in [0, 0.05) is 11.3 Å². The van der Waals surface area contributed by atoms with Gasteiger partial charge in [-0.25, -0.2) is 0 Å². The number of anilines is 1. The number of para-hydroxylation sites is 1. The van der Waals surface area contributed by atoms with Crippen LogP contribution >= 0.6 is 0 Å². The Balaban J connectivity index is 0.000000347. The molecule has 6 heteroatoms. The zero-order valence-corrected chi connectivity index (χ0v) is 11.7. The maximum absolute atomic E-state index is 11.7. The number of carbonyl (C=O) groups excluding carboxylic acids is 1. The fourth-order valence-electron chi connectivity index (χ4n) is 1.31. The summed E-state index contributed by atoms with van der Waals surface area (Å²) in [6.07, 6.45) is 0.715. The second kappa shape index (κ2) is 7.42. The van der Waals surface area contributed by atoms with Crippen molar-refractivity contribution >= 4 is 21.7 Å². The van der Waals surface area contributed by atoms with E-state index in [0.29, 0.717) is 11.8 Å². The molecule has 0 aliphatic rings. The van der Waals surface area contributed by atoms with E-state index >= 15 is 0 Å². The lowest BCUT2D eigenvalue weighted by Gasteiger charge is -2.03. The van der Waals surface area contributed by atoms with Crippen molar-refractivity contribution < 1.29 is 17.8 Å². The summed E-state index contributed by atoms with van der Waals surface area (Å²) in [4.78, 5) is 11.7. The molecule has 20 heavy (non-hydrogen) atoms. The molecule has 2 aromatic rings. The van der Waals surface area contributed by atoms with E-state index in [1.807, 2.05) is 48.5 Å². The van der Waals surface area contributed by atoms with E-state index in [1.165, 1.54) is 0 Å². The predicted octanol–water partition coefficient (Wildman–Crippen LogP) is 2.44. The fraction of sp³-hybridized carbons (Fsp3) is 0.0714. The van der Waals surface area contributed by atoms with Gasteiger partial charge in [0.15, 0.2) is 0 Å². The molecule has 0 aliphatic carbocycles. The molecule has 1 amide bonds. The van der Waals surface area contributed by atoms with Crippen LogP contribution in [0.5, 0.6) is 0 Å². The first-order valence-corrected chi connectivity index (χ1v) is 7.55. The molecular formula is C14H15NO4S. The predicted molar refractivity (Wildman–Crippen MR) is 78.3 cm³/mol. The molecule has 0 radical (unpaired) electrons. The molecule has 5 nitrogen and oxygen atoms in total. The summed E-state index contributed by atoms with van der Waals surface area (Å²) in [5.74, 6) is -0.0817. The van der Waals surface area contributed by atoms with E-state index in [0.717, 1.165) is 5.69 Å². The quantitative estimate of drug-likeness (QED) is 0.833. The summed E-state index contributed by atoms with van der Waals surface area (Å²) in [5.41, 5.74) is 1.48. The van der Waals surface area contributed by atoms with E-state index in [2.05, 4.69) is 5.32 Å². The Bertz CT molecular complexity index is 631. The Hall–Kier alpha value is -2.18. The molecular weight excluding hydrogens is 278 g/mol. The molecule has 2 aromatic carbocycles. The van der Waals surface area contributed by atoms with E-state index in [9.17, 15) is 13.2 Å². The van der Waals surface area contributed by atoms with Gasteiger partial charge in [0.25, 0.3) is 16.0 Å². The topological polar surface area (TPSA) is 83.5 Å². The summed E-state index contributed by atoms with van der Waals surface area (Å²) >= 11 is 0. The van der Waals surface area contributed by atoms with Crippen molar-refractivity contribution in [3.63, 3.8) is 0 Å². The van der Waals surface area contributed by atoms with Crippen molar-refractivity contribution in [1.82, 2.24) is 0 Å². The Morgan fingerprint density at radius 1 is 0.950 bits per heavy atom. The SMILES string of the molecule is CS(=O)(=O)O.O=C(Nc1ccccc1)c1ccccc1. The van der Waals surface area contributed by atoms with Gasteiger partial charge in [-0.15, -0.1) is 0 Å². The zero-order valence-electron chi connectivity index (χ0n) is 10.9. The number of hydrogen-bond acceptors (Lipinski definition) is 3. The monoisotopic (exact) mass is 293 g/mol. The third-order valence-corrected chi connectivity index (χ3v) is 2.07. The number of benzene rings is 2. The molecule has 0 bridgehead atoms. The average molecular weight is 293 g/mol.